The summed E-state index contributed by atoms with van der Waals surface area (Å²) in [5.41, 5.74) is 6.30. The smallest absolute Gasteiger partial charge is 1.00 e. The fourth-order valence-electron chi connectivity index (χ4n) is 0.955. The molecule has 1 atom stereocenters. The number of aliphatic carboxylic acids is 1. The second kappa shape index (κ2) is 6.38. The van der Waals surface area contributed by atoms with Gasteiger partial charge in [-0.1, -0.05) is 30.3 Å². The largest absolute Gasteiger partial charge is 2.00 e. The molecule has 0 fully saturated rings. The molecule has 0 unspecified atom stereocenters. The van der Waals surface area contributed by atoms with Crippen molar-refractivity contribution in [3.63, 3.8) is 0 Å². The van der Waals surface area contributed by atoms with E-state index in [4.69, 9.17) is 10.8 Å². The van der Waals surface area contributed by atoms with E-state index < -0.39 is 12.0 Å². The predicted octanol–water partition coefficient (Wildman–Crippen LogP) is 0.485. The number of carboxylic acid groups (broad SMARTS) is 1. The molecule has 0 saturated carbocycles. The molecular weight excluding hydrogens is 194 g/mol. The number of hydrogen-bond acceptors (Lipinski definition) is 2. The van der Waals surface area contributed by atoms with Crippen molar-refractivity contribution in [2.24, 2.45) is 5.73 Å². The minimum atomic E-state index is -0.959. The van der Waals surface area contributed by atoms with E-state index in [9.17, 15) is 4.79 Å². The van der Waals surface area contributed by atoms with Gasteiger partial charge in [-0.05, 0) is 12.0 Å². The third-order valence-electron chi connectivity index (χ3n) is 1.62. The van der Waals surface area contributed by atoms with Crippen LogP contribution in [0.2, 0.25) is 0 Å². The zero-order valence-corrected chi connectivity index (χ0v) is 9.52. The van der Waals surface area contributed by atoms with Crippen LogP contribution >= 0.6 is 0 Å². The Morgan fingerprint density at radius 3 is 2.46 bits per heavy atom. The van der Waals surface area contributed by atoms with Gasteiger partial charge in [0.1, 0.15) is 6.04 Å². The van der Waals surface area contributed by atoms with Crippen molar-refractivity contribution in [3.05, 3.63) is 35.9 Å². The number of carboxylic acids is 1. The second-order valence-corrected chi connectivity index (χ2v) is 2.63. The molecule has 0 spiro atoms. The standard InChI is InChI=1S/C9H11NO2.Ca.2H/c10-8(9(11)12)6-7-4-2-1-3-5-7;;;/h1-5,8H,6,10H2,(H,11,12);;;/q;+2;2*-1/t8-;;;/m0.../s1. The Kier molecular flexibility index (Phi) is 6.33. The fraction of sp³-hybridized carbons (Fsp3) is 0.222. The predicted molar refractivity (Wildman–Crippen MR) is 53.7 cm³/mol. The molecule has 0 radical (unpaired) electrons. The van der Waals surface area contributed by atoms with Crippen molar-refractivity contribution < 1.29 is 12.8 Å². The summed E-state index contributed by atoms with van der Waals surface area (Å²) in [6.45, 7) is 0. The Labute approximate surface area is 110 Å². The Morgan fingerprint density at radius 2 is 2.00 bits per heavy atom. The van der Waals surface area contributed by atoms with Gasteiger partial charge in [0.25, 0.3) is 0 Å². The third-order valence-corrected chi connectivity index (χ3v) is 1.62. The molecular formula is C9H13CaNO2. The average Bonchev–Trinajstić information content (AvgIpc) is 2.06. The summed E-state index contributed by atoms with van der Waals surface area (Å²) in [4.78, 5) is 10.4. The van der Waals surface area contributed by atoms with Crippen LogP contribution in [0.15, 0.2) is 30.3 Å². The van der Waals surface area contributed by atoms with Crippen LogP contribution in [0.4, 0.5) is 0 Å². The van der Waals surface area contributed by atoms with E-state index in [1.807, 2.05) is 30.3 Å². The number of nitrogens with two attached hydrogens (primary N) is 1. The van der Waals surface area contributed by atoms with Crippen LogP contribution in [0.1, 0.15) is 8.42 Å². The van der Waals surface area contributed by atoms with E-state index in [-0.39, 0.29) is 40.6 Å². The van der Waals surface area contributed by atoms with Crippen molar-refractivity contribution in [3.8, 4) is 0 Å². The van der Waals surface area contributed by atoms with Crippen LogP contribution in [0, 0.1) is 0 Å². The summed E-state index contributed by atoms with van der Waals surface area (Å²) in [5.74, 6) is -0.959. The van der Waals surface area contributed by atoms with Crippen LogP contribution in [-0.2, 0) is 11.2 Å². The SMILES string of the molecule is N[C@@H](Cc1ccccc1)C(=O)O.[Ca+2].[H-].[H-]. The molecule has 3 N–H and O–H groups in total. The van der Waals surface area contributed by atoms with Crippen molar-refractivity contribution in [1.82, 2.24) is 0 Å². The molecule has 0 aliphatic heterocycles. The molecule has 0 aliphatic rings. The van der Waals surface area contributed by atoms with E-state index in [0.29, 0.717) is 6.42 Å². The molecule has 13 heavy (non-hydrogen) atoms. The molecule has 1 aromatic rings. The number of benzene rings is 1. The molecule has 68 valence electrons. The van der Waals surface area contributed by atoms with Crippen molar-refractivity contribution >= 4 is 43.7 Å². The van der Waals surface area contributed by atoms with E-state index in [1.54, 1.807) is 0 Å². The van der Waals surface area contributed by atoms with Gasteiger partial charge >= 0.3 is 43.7 Å². The van der Waals surface area contributed by atoms with Crippen LogP contribution < -0.4 is 5.73 Å². The Hall–Kier alpha value is -0.0903. The van der Waals surface area contributed by atoms with Crippen LogP contribution in [0.5, 0.6) is 0 Å². The molecule has 3 nitrogen and oxygen atoms in total. The van der Waals surface area contributed by atoms with Crippen molar-refractivity contribution in [2.45, 2.75) is 12.5 Å². The molecule has 0 saturated heterocycles. The zero-order chi connectivity index (χ0) is 8.97. The second-order valence-electron chi connectivity index (χ2n) is 2.63. The van der Waals surface area contributed by atoms with E-state index >= 15 is 0 Å². The number of rotatable bonds is 3. The summed E-state index contributed by atoms with van der Waals surface area (Å²) < 4.78 is 0. The van der Waals surface area contributed by atoms with Crippen LogP contribution in [0.3, 0.4) is 0 Å². The first-order valence-corrected chi connectivity index (χ1v) is 3.72. The van der Waals surface area contributed by atoms with Gasteiger partial charge in [0, 0.05) is 0 Å². The van der Waals surface area contributed by atoms with Crippen molar-refractivity contribution in [2.75, 3.05) is 0 Å². The molecule has 4 heteroatoms. The first-order valence-electron chi connectivity index (χ1n) is 3.72. The van der Waals surface area contributed by atoms with Gasteiger partial charge in [0.05, 0.1) is 0 Å². The van der Waals surface area contributed by atoms with Crippen molar-refractivity contribution in [1.29, 1.82) is 0 Å². The summed E-state index contributed by atoms with van der Waals surface area (Å²) in [7, 11) is 0. The van der Waals surface area contributed by atoms with Gasteiger partial charge < -0.3 is 13.7 Å². The summed E-state index contributed by atoms with van der Waals surface area (Å²) in [6.07, 6.45) is 0.385. The van der Waals surface area contributed by atoms with E-state index in [0.717, 1.165) is 5.56 Å². The minimum absolute atomic E-state index is 0. The van der Waals surface area contributed by atoms with Gasteiger partial charge in [-0.2, -0.15) is 0 Å². The molecule has 1 rings (SSSR count). The van der Waals surface area contributed by atoms with Crippen LogP contribution in [0.25, 0.3) is 0 Å². The number of hydrogen-bond donors (Lipinski definition) is 2. The molecule has 0 aliphatic carbocycles. The molecule has 0 aromatic heterocycles. The van der Waals surface area contributed by atoms with Gasteiger partial charge in [-0.3, -0.25) is 4.79 Å². The van der Waals surface area contributed by atoms with E-state index in [1.165, 1.54) is 0 Å². The van der Waals surface area contributed by atoms with Gasteiger partial charge in [0.15, 0.2) is 0 Å². The number of carbonyl (C=O) groups is 1. The molecule has 1 aromatic carbocycles. The Bertz CT molecular complexity index is 272. The first-order chi connectivity index (χ1) is 5.70. The zero-order valence-electron chi connectivity index (χ0n) is 9.31. The quantitative estimate of drug-likeness (QED) is 0.709. The van der Waals surface area contributed by atoms with Crippen LogP contribution in [-0.4, -0.2) is 54.9 Å². The maximum atomic E-state index is 10.4. The topological polar surface area (TPSA) is 63.3 Å². The summed E-state index contributed by atoms with van der Waals surface area (Å²) >= 11 is 0. The first kappa shape index (κ1) is 12.9. The maximum absolute atomic E-state index is 10.4. The van der Waals surface area contributed by atoms with Gasteiger partial charge in [-0.25, -0.2) is 0 Å². The normalized spacial score (nSPS) is 11.5. The van der Waals surface area contributed by atoms with Gasteiger partial charge in [-0.15, -0.1) is 0 Å². The Morgan fingerprint density at radius 1 is 1.46 bits per heavy atom. The summed E-state index contributed by atoms with van der Waals surface area (Å²) in [5, 5.41) is 8.52. The minimum Gasteiger partial charge on any atom is -1.00 e. The summed E-state index contributed by atoms with van der Waals surface area (Å²) in [6, 6.07) is 8.54. The average molecular weight is 207 g/mol. The van der Waals surface area contributed by atoms with E-state index in [2.05, 4.69) is 0 Å². The molecule has 0 bridgehead atoms. The maximum Gasteiger partial charge on any atom is 2.00 e. The third kappa shape index (κ3) is 4.62. The molecule has 0 heterocycles. The Balaban J connectivity index is -0.000000480. The molecule has 0 amide bonds. The van der Waals surface area contributed by atoms with Gasteiger partial charge in [0.2, 0.25) is 0 Å². The fourth-order valence-corrected chi connectivity index (χ4v) is 0.955. The monoisotopic (exact) mass is 207 g/mol.